The number of nitrogen functional groups attached to an aromatic ring is 1. The zero-order chi connectivity index (χ0) is 8.27. The van der Waals surface area contributed by atoms with Crippen molar-refractivity contribution >= 4 is 12.2 Å². The van der Waals surface area contributed by atoms with Gasteiger partial charge in [-0.3, -0.25) is 4.57 Å². The van der Waals surface area contributed by atoms with E-state index in [1.54, 1.807) is 0 Å². The van der Waals surface area contributed by atoms with E-state index in [4.69, 9.17) is 5.73 Å². The highest BCUT2D eigenvalue weighted by Gasteiger charge is 1.95. The first-order valence-electron chi connectivity index (χ1n) is 2.86. The van der Waals surface area contributed by atoms with Crippen LogP contribution in [0, 0.1) is 0 Å². The SMILES string of the molecule is Nc1ncn(CC=O)c(=O)n1. The average molecular weight is 154 g/mol. The Bertz CT molecular complexity index is 319. The molecule has 58 valence electrons. The molecule has 0 atom stereocenters. The minimum Gasteiger partial charge on any atom is -0.368 e. The topological polar surface area (TPSA) is 90.9 Å². The number of carbonyl (C=O) groups excluding carboxylic acids is 1. The Labute approximate surface area is 61.7 Å². The maximum absolute atomic E-state index is 10.8. The number of aldehydes is 1. The summed E-state index contributed by atoms with van der Waals surface area (Å²) in [6.07, 6.45) is 1.76. The van der Waals surface area contributed by atoms with Gasteiger partial charge in [0.25, 0.3) is 0 Å². The second kappa shape index (κ2) is 2.91. The van der Waals surface area contributed by atoms with Crippen molar-refractivity contribution < 1.29 is 4.79 Å². The monoisotopic (exact) mass is 154 g/mol. The Morgan fingerprint density at radius 1 is 1.73 bits per heavy atom. The molecule has 0 aromatic carbocycles. The van der Waals surface area contributed by atoms with Gasteiger partial charge < -0.3 is 10.5 Å². The fourth-order valence-electron chi connectivity index (χ4n) is 0.575. The number of aromatic nitrogens is 3. The molecule has 0 amide bonds. The van der Waals surface area contributed by atoms with E-state index in [0.717, 1.165) is 4.57 Å². The standard InChI is InChI=1S/C5H6N4O2/c6-4-7-3-9(1-2-10)5(11)8-4/h2-3H,1H2,(H2,6,8,11). The molecule has 0 unspecified atom stereocenters. The molecule has 1 aromatic rings. The van der Waals surface area contributed by atoms with Crippen molar-refractivity contribution in [3.05, 3.63) is 16.8 Å². The van der Waals surface area contributed by atoms with E-state index in [9.17, 15) is 9.59 Å². The molecule has 0 bridgehead atoms. The summed E-state index contributed by atoms with van der Waals surface area (Å²) in [6.45, 7) is -0.0425. The second-order valence-corrected chi connectivity index (χ2v) is 1.82. The van der Waals surface area contributed by atoms with E-state index in [1.165, 1.54) is 6.33 Å². The Balaban J connectivity index is 3.09. The molecule has 0 saturated heterocycles. The Hall–Kier alpha value is -1.72. The summed E-state index contributed by atoms with van der Waals surface area (Å²) < 4.78 is 1.06. The molecule has 0 radical (unpaired) electrons. The molecule has 0 aliphatic carbocycles. The minimum absolute atomic E-state index is 0.0425. The predicted octanol–water partition coefficient (Wildman–Crippen LogP) is -1.58. The van der Waals surface area contributed by atoms with Crippen LogP contribution in [0.2, 0.25) is 0 Å². The Morgan fingerprint density at radius 2 is 2.45 bits per heavy atom. The molecule has 6 nitrogen and oxygen atoms in total. The van der Waals surface area contributed by atoms with Gasteiger partial charge in [0, 0.05) is 0 Å². The first-order valence-corrected chi connectivity index (χ1v) is 2.86. The molecule has 1 aromatic heterocycles. The molecule has 1 heterocycles. The molecule has 0 saturated carbocycles. The minimum atomic E-state index is -0.565. The van der Waals surface area contributed by atoms with Gasteiger partial charge in [-0.1, -0.05) is 0 Å². The van der Waals surface area contributed by atoms with Gasteiger partial charge in [0.1, 0.15) is 12.6 Å². The molecule has 6 heteroatoms. The van der Waals surface area contributed by atoms with Crippen molar-refractivity contribution in [1.29, 1.82) is 0 Å². The highest BCUT2D eigenvalue weighted by molar-refractivity contribution is 5.48. The second-order valence-electron chi connectivity index (χ2n) is 1.82. The van der Waals surface area contributed by atoms with Crippen LogP contribution in [0.15, 0.2) is 11.1 Å². The quantitative estimate of drug-likeness (QED) is 0.519. The number of hydrogen-bond donors (Lipinski definition) is 1. The van der Waals surface area contributed by atoms with Crippen LogP contribution in [0.3, 0.4) is 0 Å². The molecular weight excluding hydrogens is 148 g/mol. The van der Waals surface area contributed by atoms with Crippen LogP contribution in [-0.4, -0.2) is 20.8 Å². The van der Waals surface area contributed by atoms with Gasteiger partial charge in [-0.25, -0.2) is 9.78 Å². The van der Waals surface area contributed by atoms with E-state index >= 15 is 0 Å². The summed E-state index contributed by atoms with van der Waals surface area (Å²) in [5.41, 5.74) is 4.53. The van der Waals surface area contributed by atoms with Crippen LogP contribution in [0.4, 0.5) is 5.95 Å². The van der Waals surface area contributed by atoms with Gasteiger partial charge in [-0.15, -0.1) is 0 Å². The van der Waals surface area contributed by atoms with Crippen molar-refractivity contribution in [3.63, 3.8) is 0 Å². The van der Waals surface area contributed by atoms with Crippen LogP contribution < -0.4 is 11.4 Å². The first kappa shape index (κ1) is 7.39. The third-order valence-corrected chi connectivity index (χ3v) is 1.06. The lowest BCUT2D eigenvalue weighted by molar-refractivity contribution is -0.108. The van der Waals surface area contributed by atoms with Crippen LogP contribution in [0.5, 0.6) is 0 Å². The van der Waals surface area contributed by atoms with Gasteiger partial charge in [0.2, 0.25) is 5.95 Å². The molecule has 1 rings (SSSR count). The largest absolute Gasteiger partial charge is 0.368 e. The summed E-state index contributed by atoms with van der Waals surface area (Å²) in [6, 6.07) is 0. The zero-order valence-corrected chi connectivity index (χ0v) is 5.60. The number of rotatable bonds is 2. The smallest absolute Gasteiger partial charge is 0.352 e. The fourth-order valence-corrected chi connectivity index (χ4v) is 0.575. The molecule has 0 aliphatic rings. The molecule has 11 heavy (non-hydrogen) atoms. The van der Waals surface area contributed by atoms with E-state index in [0.29, 0.717) is 6.29 Å². The summed E-state index contributed by atoms with van der Waals surface area (Å²) in [5, 5.41) is 0. The number of carbonyl (C=O) groups is 1. The van der Waals surface area contributed by atoms with Crippen molar-refractivity contribution in [2.24, 2.45) is 0 Å². The summed E-state index contributed by atoms with van der Waals surface area (Å²) in [5.74, 6) is -0.0860. The predicted molar refractivity (Wildman–Crippen MR) is 36.8 cm³/mol. The maximum atomic E-state index is 10.8. The maximum Gasteiger partial charge on any atom is 0.352 e. The zero-order valence-electron chi connectivity index (χ0n) is 5.60. The van der Waals surface area contributed by atoms with Crippen molar-refractivity contribution in [2.75, 3.05) is 5.73 Å². The highest BCUT2D eigenvalue weighted by Crippen LogP contribution is 1.79. The number of nitrogens with two attached hydrogens (primary N) is 1. The van der Waals surface area contributed by atoms with E-state index in [1.807, 2.05) is 0 Å². The lowest BCUT2D eigenvalue weighted by Gasteiger charge is -1.96. The van der Waals surface area contributed by atoms with Gasteiger partial charge >= 0.3 is 5.69 Å². The van der Waals surface area contributed by atoms with Crippen LogP contribution >= 0.6 is 0 Å². The summed E-state index contributed by atoms with van der Waals surface area (Å²) in [4.78, 5) is 27.6. The van der Waals surface area contributed by atoms with Crippen LogP contribution in [0.1, 0.15) is 0 Å². The number of hydrogen-bond acceptors (Lipinski definition) is 5. The van der Waals surface area contributed by atoms with Gasteiger partial charge in [-0.2, -0.15) is 4.98 Å². The number of anilines is 1. The molecule has 2 N–H and O–H groups in total. The van der Waals surface area contributed by atoms with Crippen molar-refractivity contribution in [2.45, 2.75) is 6.54 Å². The molecular formula is C5H6N4O2. The Kier molecular flexibility index (Phi) is 1.95. The fraction of sp³-hybridized carbons (Fsp3) is 0.200. The lowest BCUT2D eigenvalue weighted by atomic mass is 10.7. The van der Waals surface area contributed by atoms with E-state index < -0.39 is 5.69 Å². The van der Waals surface area contributed by atoms with Crippen LogP contribution in [0.25, 0.3) is 0 Å². The highest BCUT2D eigenvalue weighted by atomic mass is 16.1. The van der Waals surface area contributed by atoms with Gasteiger partial charge in [-0.05, 0) is 0 Å². The number of nitrogens with zero attached hydrogens (tertiary/aromatic N) is 3. The van der Waals surface area contributed by atoms with Crippen molar-refractivity contribution in [1.82, 2.24) is 14.5 Å². The molecule has 0 fully saturated rings. The van der Waals surface area contributed by atoms with Gasteiger partial charge in [0.15, 0.2) is 0 Å². The average Bonchev–Trinajstić information content (AvgIpc) is 1.95. The van der Waals surface area contributed by atoms with Crippen LogP contribution in [-0.2, 0) is 11.3 Å². The normalized spacial score (nSPS) is 9.45. The molecule has 0 spiro atoms. The van der Waals surface area contributed by atoms with E-state index in [-0.39, 0.29) is 12.5 Å². The first-order chi connectivity index (χ1) is 5.24. The van der Waals surface area contributed by atoms with Gasteiger partial charge in [0.05, 0.1) is 6.54 Å². The third kappa shape index (κ3) is 1.60. The lowest BCUT2D eigenvalue weighted by Crippen LogP contribution is -2.24. The third-order valence-electron chi connectivity index (χ3n) is 1.06. The summed E-state index contributed by atoms with van der Waals surface area (Å²) >= 11 is 0. The molecule has 0 aliphatic heterocycles. The van der Waals surface area contributed by atoms with E-state index in [2.05, 4.69) is 9.97 Å². The summed E-state index contributed by atoms with van der Waals surface area (Å²) in [7, 11) is 0. The Morgan fingerprint density at radius 3 is 3.00 bits per heavy atom. The van der Waals surface area contributed by atoms with Crippen molar-refractivity contribution in [3.8, 4) is 0 Å².